The molecule has 6 heteroatoms. The minimum Gasteiger partial charge on any atom is -0.438 e. The number of hydrogen-bond donors (Lipinski definition) is 2. The fourth-order valence-corrected chi connectivity index (χ4v) is 1.63. The molecule has 2 aromatic heterocycles. The number of carbonyl (C=O) groups excluding carboxylic acids is 1. The summed E-state index contributed by atoms with van der Waals surface area (Å²) in [6.07, 6.45) is 1.49. The minimum atomic E-state index is -0.429. The topological polar surface area (TPSA) is 83.8 Å². The van der Waals surface area contributed by atoms with E-state index in [0.717, 1.165) is 11.0 Å². The maximum absolute atomic E-state index is 11.8. The van der Waals surface area contributed by atoms with E-state index in [4.69, 9.17) is 4.42 Å². The lowest BCUT2D eigenvalue weighted by Gasteiger charge is -1.96. The Hall–Kier alpha value is -2.63. The van der Waals surface area contributed by atoms with Gasteiger partial charge in [-0.2, -0.15) is 0 Å². The van der Waals surface area contributed by atoms with Gasteiger partial charge in [0.2, 0.25) is 5.95 Å². The first-order chi connectivity index (χ1) is 8.72. The number of benzene rings is 1. The highest BCUT2D eigenvalue weighted by Crippen LogP contribution is 2.14. The maximum Gasteiger partial charge on any atom is 0.313 e. The average Bonchev–Trinajstić information content (AvgIpc) is 2.94. The number of aromatic amines is 1. The first kappa shape index (κ1) is 10.5. The molecule has 0 spiro atoms. The molecule has 0 saturated heterocycles. The molecule has 0 saturated carbocycles. The third-order valence-electron chi connectivity index (χ3n) is 2.44. The van der Waals surface area contributed by atoms with Gasteiger partial charge in [0, 0.05) is 0 Å². The van der Waals surface area contributed by atoms with Crippen molar-refractivity contribution in [3.8, 4) is 0 Å². The zero-order valence-electron chi connectivity index (χ0n) is 9.60. The van der Waals surface area contributed by atoms with Crippen LogP contribution < -0.4 is 5.32 Å². The quantitative estimate of drug-likeness (QED) is 0.720. The monoisotopic (exact) mass is 242 g/mol. The fraction of sp³-hybridized carbons (Fsp3) is 0.0833. The van der Waals surface area contributed by atoms with E-state index in [1.807, 2.05) is 24.3 Å². The summed E-state index contributed by atoms with van der Waals surface area (Å²) in [6.45, 7) is 1.73. The number of H-pyrrole nitrogens is 1. The molecule has 0 bridgehead atoms. The van der Waals surface area contributed by atoms with Gasteiger partial charge in [-0.3, -0.25) is 10.1 Å². The number of aryl methyl sites for hydroxylation is 1. The number of anilines is 1. The van der Waals surface area contributed by atoms with Crippen LogP contribution in [-0.2, 0) is 0 Å². The van der Waals surface area contributed by atoms with Crippen LogP contribution in [0.15, 0.2) is 34.9 Å². The number of imidazole rings is 1. The molecule has 0 unspecified atom stereocenters. The molecule has 0 fully saturated rings. The number of oxazole rings is 1. The van der Waals surface area contributed by atoms with Crippen molar-refractivity contribution >= 4 is 22.9 Å². The van der Waals surface area contributed by atoms with Crippen molar-refractivity contribution in [2.24, 2.45) is 0 Å². The van der Waals surface area contributed by atoms with Crippen molar-refractivity contribution in [1.82, 2.24) is 15.0 Å². The fourth-order valence-electron chi connectivity index (χ4n) is 1.63. The second-order valence-corrected chi connectivity index (χ2v) is 3.83. The van der Waals surface area contributed by atoms with E-state index in [1.54, 1.807) is 6.92 Å². The number of nitrogens with one attached hydrogen (secondary N) is 2. The summed E-state index contributed by atoms with van der Waals surface area (Å²) in [5.41, 5.74) is 1.65. The first-order valence-corrected chi connectivity index (χ1v) is 5.41. The van der Waals surface area contributed by atoms with Gasteiger partial charge in [0.15, 0.2) is 0 Å². The molecule has 1 amide bonds. The standard InChI is InChI=1S/C12H10N4O2/c1-7-6-13-11(18-7)10(17)16-12-14-8-4-2-3-5-9(8)15-12/h2-6H,1H3,(H2,14,15,16,17). The molecular formula is C12H10N4O2. The third-order valence-corrected chi connectivity index (χ3v) is 2.44. The molecule has 2 heterocycles. The number of rotatable bonds is 2. The van der Waals surface area contributed by atoms with Crippen LogP contribution in [0, 0.1) is 6.92 Å². The average molecular weight is 242 g/mol. The molecule has 0 aliphatic rings. The van der Waals surface area contributed by atoms with Crippen LogP contribution in [0.4, 0.5) is 5.95 Å². The van der Waals surface area contributed by atoms with Crippen LogP contribution in [0.5, 0.6) is 0 Å². The van der Waals surface area contributed by atoms with Gasteiger partial charge in [0.05, 0.1) is 17.2 Å². The molecule has 3 aromatic rings. The molecule has 18 heavy (non-hydrogen) atoms. The highest BCUT2D eigenvalue weighted by atomic mass is 16.4. The van der Waals surface area contributed by atoms with Crippen LogP contribution in [0.3, 0.4) is 0 Å². The van der Waals surface area contributed by atoms with Gasteiger partial charge in [-0.05, 0) is 19.1 Å². The van der Waals surface area contributed by atoms with E-state index in [9.17, 15) is 4.79 Å². The largest absolute Gasteiger partial charge is 0.438 e. The van der Waals surface area contributed by atoms with Crippen LogP contribution >= 0.6 is 0 Å². The van der Waals surface area contributed by atoms with E-state index in [-0.39, 0.29) is 5.89 Å². The van der Waals surface area contributed by atoms with Gasteiger partial charge in [-0.15, -0.1) is 0 Å². The Morgan fingerprint density at radius 1 is 1.39 bits per heavy atom. The zero-order valence-corrected chi connectivity index (χ0v) is 9.60. The Bertz CT molecular complexity index is 681. The normalized spacial score (nSPS) is 10.7. The number of para-hydroxylation sites is 2. The maximum atomic E-state index is 11.8. The molecule has 0 radical (unpaired) electrons. The highest BCUT2D eigenvalue weighted by Gasteiger charge is 2.13. The lowest BCUT2D eigenvalue weighted by Crippen LogP contribution is -2.13. The Morgan fingerprint density at radius 3 is 2.94 bits per heavy atom. The predicted octanol–water partition coefficient (Wildman–Crippen LogP) is 2.11. The predicted molar refractivity (Wildman–Crippen MR) is 65.3 cm³/mol. The Morgan fingerprint density at radius 2 is 2.22 bits per heavy atom. The molecule has 6 nitrogen and oxygen atoms in total. The van der Waals surface area contributed by atoms with Crippen LogP contribution in [0.1, 0.15) is 16.4 Å². The summed E-state index contributed by atoms with van der Waals surface area (Å²) in [5, 5.41) is 2.60. The molecular weight excluding hydrogens is 232 g/mol. The number of aromatic nitrogens is 3. The Labute approximate surface area is 102 Å². The van der Waals surface area contributed by atoms with Gasteiger partial charge in [-0.1, -0.05) is 12.1 Å². The van der Waals surface area contributed by atoms with Crippen LogP contribution in [0.2, 0.25) is 0 Å². The Balaban J connectivity index is 1.86. The van der Waals surface area contributed by atoms with E-state index in [2.05, 4.69) is 20.3 Å². The van der Waals surface area contributed by atoms with Crippen molar-refractivity contribution in [3.05, 3.63) is 42.1 Å². The van der Waals surface area contributed by atoms with Gasteiger partial charge in [-0.25, -0.2) is 9.97 Å². The van der Waals surface area contributed by atoms with E-state index < -0.39 is 5.91 Å². The number of carbonyl (C=O) groups is 1. The summed E-state index contributed by atoms with van der Waals surface area (Å²) < 4.78 is 5.13. The summed E-state index contributed by atoms with van der Waals surface area (Å²) in [6, 6.07) is 7.51. The van der Waals surface area contributed by atoms with Gasteiger partial charge in [0.25, 0.3) is 5.89 Å². The lowest BCUT2D eigenvalue weighted by atomic mass is 10.3. The Kier molecular flexibility index (Phi) is 2.33. The van der Waals surface area contributed by atoms with Crippen LogP contribution in [0.25, 0.3) is 11.0 Å². The number of fused-ring (bicyclic) bond motifs is 1. The molecule has 0 atom stereocenters. The molecule has 0 aliphatic heterocycles. The summed E-state index contributed by atoms with van der Waals surface area (Å²) in [5.74, 6) is 0.553. The molecule has 90 valence electrons. The van der Waals surface area contributed by atoms with Crippen molar-refractivity contribution < 1.29 is 9.21 Å². The lowest BCUT2D eigenvalue weighted by molar-refractivity contribution is 0.0988. The van der Waals surface area contributed by atoms with E-state index in [1.165, 1.54) is 6.20 Å². The highest BCUT2D eigenvalue weighted by molar-refractivity contribution is 6.00. The van der Waals surface area contributed by atoms with Crippen molar-refractivity contribution in [2.45, 2.75) is 6.92 Å². The van der Waals surface area contributed by atoms with Gasteiger partial charge >= 0.3 is 5.91 Å². The molecule has 0 aliphatic carbocycles. The third kappa shape index (κ3) is 1.84. The van der Waals surface area contributed by atoms with Crippen molar-refractivity contribution in [2.75, 3.05) is 5.32 Å². The number of amides is 1. The molecule has 2 N–H and O–H groups in total. The van der Waals surface area contributed by atoms with E-state index in [0.29, 0.717) is 11.7 Å². The van der Waals surface area contributed by atoms with Gasteiger partial charge < -0.3 is 9.40 Å². The second kappa shape index (κ2) is 3.99. The smallest absolute Gasteiger partial charge is 0.313 e. The zero-order chi connectivity index (χ0) is 12.5. The molecule has 1 aromatic carbocycles. The van der Waals surface area contributed by atoms with Crippen molar-refractivity contribution in [1.29, 1.82) is 0 Å². The SMILES string of the molecule is Cc1cnc(C(=O)Nc2nc3ccccc3[nH]2)o1. The first-order valence-electron chi connectivity index (χ1n) is 5.41. The summed E-state index contributed by atoms with van der Waals surface area (Å²) >= 11 is 0. The van der Waals surface area contributed by atoms with Crippen LogP contribution in [-0.4, -0.2) is 20.9 Å². The number of hydrogen-bond acceptors (Lipinski definition) is 4. The summed E-state index contributed by atoms with van der Waals surface area (Å²) in [4.78, 5) is 22.8. The number of nitrogens with zero attached hydrogens (tertiary/aromatic N) is 2. The van der Waals surface area contributed by atoms with Crippen molar-refractivity contribution in [3.63, 3.8) is 0 Å². The second-order valence-electron chi connectivity index (χ2n) is 3.83. The van der Waals surface area contributed by atoms with E-state index >= 15 is 0 Å². The molecule has 3 rings (SSSR count). The van der Waals surface area contributed by atoms with Gasteiger partial charge in [0.1, 0.15) is 5.76 Å². The minimum absolute atomic E-state index is 0.0213. The summed E-state index contributed by atoms with van der Waals surface area (Å²) in [7, 11) is 0.